The summed E-state index contributed by atoms with van der Waals surface area (Å²) in [6.07, 6.45) is 0. The molecular weight excluding hydrogens is 356 g/mol. The molecule has 0 saturated carbocycles. The number of nitrogens with zero attached hydrogens (tertiary/aromatic N) is 2. The molecule has 0 radical (unpaired) electrons. The largest absolute Gasteiger partial charge is 0.477 e. The standard InChI is InChI=1S/C17H12N4O6/c22-15-9-14(17(24)25)20(19-15)12-5-2-4-11(8-12)18-16(23)10-3-1-6-13(7-10)21(26)27/h1-9H,(H,18,23)(H,19,22)(H,24,25). The topological polar surface area (TPSA) is 147 Å². The Balaban J connectivity index is 1.90. The van der Waals surface area contributed by atoms with E-state index in [2.05, 4.69) is 10.4 Å². The molecule has 1 heterocycles. The first-order valence-electron chi connectivity index (χ1n) is 7.57. The van der Waals surface area contributed by atoms with Gasteiger partial charge in [0.2, 0.25) is 0 Å². The number of carbonyl (C=O) groups is 2. The lowest BCUT2D eigenvalue weighted by molar-refractivity contribution is -0.384. The first kappa shape index (κ1) is 17.6. The zero-order chi connectivity index (χ0) is 19.6. The zero-order valence-electron chi connectivity index (χ0n) is 13.6. The van der Waals surface area contributed by atoms with Gasteiger partial charge in [0.05, 0.1) is 10.6 Å². The Bertz CT molecular complexity index is 1110. The molecule has 1 aromatic heterocycles. The molecule has 10 heteroatoms. The van der Waals surface area contributed by atoms with Gasteiger partial charge in [-0.05, 0) is 24.3 Å². The van der Waals surface area contributed by atoms with Gasteiger partial charge in [-0.15, -0.1) is 0 Å². The number of rotatable bonds is 5. The van der Waals surface area contributed by atoms with Crippen LogP contribution in [0.15, 0.2) is 59.4 Å². The average molecular weight is 368 g/mol. The van der Waals surface area contributed by atoms with Gasteiger partial charge < -0.3 is 10.4 Å². The number of amides is 1. The SMILES string of the molecule is O=C(Nc1cccc(-n2[nH]c(=O)cc2C(=O)O)c1)c1cccc([N+](=O)[O-])c1. The fourth-order valence-corrected chi connectivity index (χ4v) is 2.44. The molecule has 0 fully saturated rings. The lowest BCUT2D eigenvalue weighted by Gasteiger charge is -2.09. The Morgan fingerprint density at radius 1 is 1.11 bits per heavy atom. The van der Waals surface area contributed by atoms with Crippen LogP contribution in [0.25, 0.3) is 5.69 Å². The van der Waals surface area contributed by atoms with Gasteiger partial charge in [0.25, 0.3) is 17.2 Å². The van der Waals surface area contributed by atoms with Gasteiger partial charge in [-0.25, -0.2) is 9.48 Å². The number of carbonyl (C=O) groups excluding carboxylic acids is 1. The van der Waals surface area contributed by atoms with Crippen molar-refractivity contribution in [3.8, 4) is 5.69 Å². The Morgan fingerprint density at radius 3 is 2.56 bits per heavy atom. The van der Waals surface area contributed by atoms with Crippen molar-refractivity contribution in [1.29, 1.82) is 0 Å². The molecule has 0 bridgehead atoms. The second kappa shape index (κ2) is 6.96. The highest BCUT2D eigenvalue weighted by atomic mass is 16.6. The maximum atomic E-state index is 12.3. The fourth-order valence-electron chi connectivity index (χ4n) is 2.44. The number of nitro groups is 1. The monoisotopic (exact) mass is 368 g/mol. The first-order valence-corrected chi connectivity index (χ1v) is 7.57. The van der Waals surface area contributed by atoms with Crippen LogP contribution in [0.1, 0.15) is 20.8 Å². The number of H-pyrrole nitrogens is 1. The van der Waals surface area contributed by atoms with E-state index in [1.165, 1.54) is 24.3 Å². The Kier molecular flexibility index (Phi) is 4.54. The highest BCUT2D eigenvalue weighted by molar-refractivity contribution is 6.04. The minimum Gasteiger partial charge on any atom is -0.477 e. The van der Waals surface area contributed by atoms with Gasteiger partial charge in [0.15, 0.2) is 5.69 Å². The molecule has 2 aromatic carbocycles. The van der Waals surface area contributed by atoms with Crippen molar-refractivity contribution < 1.29 is 19.6 Å². The van der Waals surface area contributed by atoms with E-state index in [1.54, 1.807) is 18.2 Å². The lowest BCUT2D eigenvalue weighted by atomic mass is 10.2. The molecule has 3 aromatic rings. The van der Waals surface area contributed by atoms with Gasteiger partial charge in [0.1, 0.15) is 0 Å². The van der Waals surface area contributed by atoms with E-state index in [9.17, 15) is 29.6 Å². The molecule has 0 aliphatic rings. The Labute approximate surface area is 150 Å². The number of anilines is 1. The number of hydrogen-bond donors (Lipinski definition) is 3. The number of non-ortho nitro benzene ring substituents is 1. The summed E-state index contributed by atoms with van der Waals surface area (Å²) in [6, 6.07) is 12.3. The summed E-state index contributed by atoms with van der Waals surface area (Å²) in [5, 5.41) is 24.9. The summed E-state index contributed by atoms with van der Waals surface area (Å²) < 4.78 is 1.08. The quantitative estimate of drug-likeness (QED) is 0.463. The predicted molar refractivity (Wildman–Crippen MR) is 94.4 cm³/mol. The van der Waals surface area contributed by atoms with Crippen molar-refractivity contribution in [3.05, 3.63) is 86.3 Å². The molecule has 0 unspecified atom stereocenters. The molecule has 3 N–H and O–H groups in total. The van der Waals surface area contributed by atoms with E-state index in [0.717, 1.165) is 16.8 Å². The van der Waals surface area contributed by atoms with E-state index in [0.29, 0.717) is 11.4 Å². The molecule has 136 valence electrons. The van der Waals surface area contributed by atoms with Crippen LogP contribution in [0.4, 0.5) is 11.4 Å². The van der Waals surface area contributed by atoms with Crippen molar-refractivity contribution in [2.75, 3.05) is 5.32 Å². The highest BCUT2D eigenvalue weighted by Crippen LogP contribution is 2.18. The van der Waals surface area contributed by atoms with Crippen molar-refractivity contribution in [2.24, 2.45) is 0 Å². The molecule has 1 amide bonds. The summed E-state index contributed by atoms with van der Waals surface area (Å²) in [4.78, 5) is 45.2. The van der Waals surface area contributed by atoms with Gasteiger partial charge in [-0.3, -0.25) is 24.8 Å². The molecule has 10 nitrogen and oxygen atoms in total. The van der Waals surface area contributed by atoms with E-state index in [4.69, 9.17) is 0 Å². The summed E-state index contributed by atoms with van der Waals surface area (Å²) in [5.74, 6) is -1.87. The van der Waals surface area contributed by atoms with E-state index >= 15 is 0 Å². The summed E-state index contributed by atoms with van der Waals surface area (Å²) in [7, 11) is 0. The van der Waals surface area contributed by atoms with Gasteiger partial charge >= 0.3 is 5.97 Å². The molecular formula is C17H12N4O6. The second-order valence-electron chi connectivity index (χ2n) is 5.46. The molecule has 3 rings (SSSR count). The normalized spacial score (nSPS) is 10.4. The minimum atomic E-state index is -1.29. The zero-order valence-corrected chi connectivity index (χ0v) is 13.6. The number of nitrogens with one attached hydrogen (secondary N) is 2. The van der Waals surface area contributed by atoms with Crippen molar-refractivity contribution in [3.63, 3.8) is 0 Å². The molecule has 0 saturated heterocycles. The van der Waals surface area contributed by atoms with Crippen LogP contribution in [0, 0.1) is 10.1 Å². The maximum absolute atomic E-state index is 12.3. The van der Waals surface area contributed by atoms with Crippen LogP contribution in [0.3, 0.4) is 0 Å². The highest BCUT2D eigenvalue weighted by Gasteiger charge is 2.15. The number of hydrogen-bond acceptors (Lipinski definition) is 5. The van der Waals surface area contributed by atoms with Crippen molar-refractivity contribution in [2.45, 2.75) is 0 Å². The number of carboxylic acid groups (broad SMARTS) is 1. The number of aromatic nitrogens is 2. The van der Waals surface area contributed by atoms with Crippen LogP contribution in [0.2, 0.25) is 0 Å². The number of nitro benzene ring substituents is 1. The Morgan fingerprint density at radius 2 is 1.85 bits per heavy atom. The van der Waals surface area contributed by atoms with Crippen LogP contribution in [-0.2, 0) is 0 Å². The molecule has 0 atom stereocenters. The van der Waals surface area contributed by atoms with Crippen LogP contribution in [0.5, 0.6) is 0 Å². The second-order valence-corrected chi connectivity index (χ2v) is 5.46. The predicted octanol–water partition coefficient (Wildman–Crippen LogP) is 2.02. The lowest BCUT2D eigenvalue weighted by Crippen LogP contribution is -2.13. The van der Waals surface area contributed by atoms with Gasteiger partial charge in [-0.1, -0.05) is 12.1 Å². The number of aromatic amines is 1. The van der Waals surface area contributed by atoms with E-state index in [1.807, 2.05) is 0 Å². The molecule has 0 aliphatic heterocycles. The number of benzene rings is 2. The first-order chi connectivity index (χ1) is 12.8. The summed E-state index contributed by atoms with van der Waals surface area (Å²) >= 11 is 0. The smallest absolute Gasteiger partial charge is 0.354 e. The van der Waals surface area contributed by atoms with Crippen molar-refractivity contribution in [1.82, 2.24) is 9.78 Å². The van der Waals surface area contributed by atoms with Crippen molar-refractivity contribution >= 4 is 23.3 Å². The van der Waals surface area contributed by atoms with Gasteiger partial charge in [-0.2, -0.15) is 0 Å². The third-order valence-electron chi connectivity index (χ3n) is 3.63. The number of carboxylic acids is 1. The fraction of sp³-hybridized carbons (Fsp3) is 0. The van der Waals surface area contributed by atoms with Crippen LogP contribution in [-0.4, -0.2) is 31.7 Å². The molecule has 0 spiro atoms. The summed E-state index contributed by atoms with van der Waals surface area (Å²) in [5.41, 5.74) is -0.343. The van der Waals surface area contributed by atoms with Crippen LogP contribution >= 0.6 is 0 Å². The Hall–Kier alpha value is -4.21. The van der Waals surface area contributed by atoms with Crippen LogP contribution < -0.4 is 10.9 Å². The van der Waals surface area contributed by atoms with E-state index in [-0.39, 0.29) is 16.9 Å². The van der Waals surface area contributed by atoms with Gasteiger partial charge in [0, 0.05) is 29.4 Å². The molecule has 0 aliphatic carbocycles. The average Bonchev–Trinajstić information content (AvgIpc) is 3.04. The van der Waals surface area contributed by atoms with E-state index < -0.39 is 22.4 Å². The summed E-state index contributed by atoms with van der Waals surface area (Å²) in [6.45, 7) is 0. The third-order valence-corrected chi connectivity index (χ3v) is 3.63. The maximum Gasteiger partial charge on any atom is 0.354 e. The number of aromatic carboxylic acids is 1. The molecule has 27 heavy (non-hydrogen) atoms. The third kappa shape index (κ3) is 3.74. The minimum absolute atomic E-state index is 0.0928.